The minimum Gasteiger partial charge on any atom is -0.441 e. The first kappa shape index (κ1) is 18.4. The van der Waals surface area contributed by atoms with Gasteiger partial charge in [0.15, 0.2) is 0 Å². The molecule has 3 rings (SSSR count). The zero-order valence-electron chi connectivity index (χ0n) is 15.5. The Bertz CT molecular complexity index is 978. The van der Waals surface area contributed by atoms with Gasteiger partial charge in [-0.25, -0.2) is 4.98 Å². The molecule has 1 heterocycles. The van der Waals surface area contributed by atoms with E-state index in [4.69, 9.17) is 4.42 Å². The van der Waals surface area contributed by atoms with Crippen molar-refractivity contribution in [2.24, 2.45) is 0 Å². The highest BCUT2D eigenvalue weighted by Crippen LogP contribution is 2.25. The van der Waals surface area contributed by atoms with E-state index in [0.29, 0.717) is 28.7 Å². The van der Waals surface area contributed by atoms with Gasteiger partial charge in [0, 0.05) is 23.9 Å². The Balaban J connectivity index is 1.74. The van der Waals surface area contributed by atoms with Crippen LogP contribution in [-0.4, -0.2) is 16.8 Å². The van der Waals surface area contributed by atoms with E-state index < -0.39 is 0 Å². The lowest BCUT2D eigenvalue weighted by Crippen LogP contribution is -2.16. The first-order chi connectivity index (χ1) is 12.9. The van der Waals surface area contributed by atoms with Crippen molar-refractivity contribution in [2.75, 3.05) is 10.6 Å². The highest BCUT2D eigenvalue weighted by atomic mass is 16.4. The van der Waals surface area contributed by atoms with Gasteiger partial charge < -0.3 is 15.1 Å². The van der Waals surface area contributed by atoms with Gasteiger partial charge in [-0.05, 0) is 43.7 Å². The molecule has 0 aliphatic heterocycles. The molecule has 2 N–H and O–H groups in total. The predicted molar refractivity (Wildman–Crippen MR) is 104 cm³/mol. The van der Waals surface area contributed by atoms with E-state index in [9.17, 15) is 9.59 Å². The number of aromatic nitrogens is 1. The maximum Gasteiger partial charge on any atom is 0.230 e. The second kappa shape index (κ2) is 7.86. The Kier molecular flexibility index (Phi) is 5.35. The van der Waals surface area contributed by atoms with Crippen molar-refractivity contribution in [3.63, 3.8) is 0 Å². The molecular formula is C21H21N3O3. The molecule has 0 aliphatic carbocycles. The summed E-state index contributed by atoms with van der Waals surface area (Å²) in [5.74, 6) is 0.759. The summed E-state index contributed by atoms with van der Waals surface area (Å²) in [6, 6.07) is 14.9. The van der Waals surface area contributed by atoms with Crippen molar-refractivity contribution in [1.29, 1.82) is 0 Å². The number of carbonyl (C=O) groups excluding carboxylic acids is 2. The van der Waals surface area contributed by atoms with E-state index in [-0.39, 0.29) is 18.2 Å². The van der Waals surface area contributed by atoms with Gasteiger partial charge in [-0.2, -0.15) is 0 Å². The van der Waals surface area contributed by atoms with Crippen LogP contribution in [0.3, 0.4) is 0 Å². The van der Waals surface area contributed by atoms with Crippen LogP contribution in [0.15, 0.2) is 52.9 Å². The highest BCUT2D eigenvalue weighted by Gasteiger charge is 2.16. The third kappa shape index (κ3) is 4.41. The summed E-state index contributed by atoms with van der Waals surface area (Å²) in [5, 5.41) is 5.63. The summed E-state index contributed by atoms with van der Waals surface area (Å²) in [7, 11) is 0. The van der Waals surface area contributed by atoms with Gasteiger partial charge in [0.05, 0.1) is 12.1 Å². The topological polar surface area (TPSA) is 84.2 Å². The molecule has 6 nitrogen and oxygen atoms in total. The van der Waals surface area contributed by atoms with Crippen LogP contribution in [0.4, 0.5) is 11.4 Å². The van der Waals surface area contributed by atoms with Crippen LogP contribution >= 0.6 is 0 Å². The molecule has 0 saturated heterocycles. The number of aryl methyl sites for hydroxylation is 1. The van der Waals surface area contributed by atoms with Gasteiger partial charge in [-0.3, -0.25) is 9.59 Å². The van der Waals surface area contributed by atoms with Crippen LogP contribution in [0.1, 0.15) is 23.9 Å². The largest absolute Gasteiger partial charge is 0.441 e. The summed E-state index contributed by atoms with van der Waals surface area (Å²) in [4.78, 5) is 28.2. The zero-order chi connectivity index (χ0) is 19.4. The molecular weight excluding hydrogens is 342 g/mol. The number of rotatable bonds is 5. The molecule has 2 aromatic carbocycles. The smallest absolute Gasteiger partial charge is 0.230 e. The minimum atomic E-state index is -0.200. The molecule has 0 spiro atoms. The first-order valence-electron chi connectivity index (χ1n) is 8.63. The molecule has 0 unspecified atom stereocenters. The quantitative estimate of drug-likeness (QED) is 0.715. The highest BCUT2D eigenvalue weighted by molar-refractivity contribution is 5.95. The number of carbonyl (C=O) groups is 2. The van der Waals surface area contributed by atoms with Crippen LogP contribution in [0.2, 0.25) is 0 Å². The van der Waals surface area contributed by atoms with Crippen molar-refractivity contribution in [3.8, 4) is 11.5 Å². The maximum atomic E-state index is 12.5. The van der Waals surface area contributed by atoms with Crippen LogP contribution in [-0.2, 0) is 16.0 Å². The Labute approximate surface area is 157 Å². The van der Waals surface area contributed by atoms with Gasteiger partial charge in [0.2, 0.25) is 17.7 Å². The molecule has 6 heteroatoms. The van der Waals surface area contributed by atoms with E-state index in [1.807, 2.05) is 37.3 Å². The lowest BCUT2D eigenvalue weighted by atomic mass is 10.1. The van der Waals surface area contributed by atoms with Crippen LogP contribution < -0.4 is 10.6 Å². The predicted octanol–water partition coefficient (Wildman–Crippen LogP) is 4.10. The average molecular weight is 363 g/mol. The van der Waals surface area contributed by atoms with Crippen LogP contribution in [0, 0.1) is 13.8 Å². The Morgan fingerprint density at radius 2 is 1.63 bits per heavy atom. The molecule has 0 bridgehead atoms. The lowest BCUT2D eigenvalue weighted by Gasteiger charge is -2.12. The first-order valence-corrected chi connectivity index (χ1v) is 8.63. The Morgan fingerprint density at radius 3 is 2.30 bits per heavy atom. The molecule has 0 radical (unpaired) electrons. The Morgan fingerprint density at radius 1 is 0.963 bits per heavy atom. The van der Waals surface area contributed by atoms with Crippen LogP contribution in [0.5, 0.6) is 0 Å². The zero-order valence-corrected chi connectivity index (χ0v) is 15.5. The second-order valence-electron chi connectivity index (χ2n) is 6.27. The molecule has 0 atom stereocenters. The number of nitrogens with zero attached hydrogens (tertiary/aromatic N) is 1. The molecule has 0 saturated carbocycles. The number of amides is 2. The lowest BCUT2D eigenvalue weighted by molar-refractivity contribution is -0.116. The van der Waals surface area contributed by atoms with Gasteiger partial charge >= 0.3 is 0 Å². The normalized spacial score (nSPS) is 10.5. The molecule has 138 valence electrons. The number of anilines is 2. The van der Waals surface area contributed by atoms with Gasteiger partial charge in [-0.15, -0.1) is 0 Å². The number of hydrogen-bond donors (Lipinski definition) is 2. The number of oxazole rings is 1. The van der Waals surface area contributed by atoms with Crippen molar-refractivity contribution >= 4 is 23.2 Å². The van der Waals surface area contributed by atoms with Crippen molar-refractivity contribution in [2.45, 2.75) is 27.2 Å². The maximum absolute atomic E-state index is 12.5. The average Bonchev–Trinajstić information content (AvgIpc) is 2.99. The fourth-order valence-electron chi connectivity index (χ4n) is 2.74. The SMILES string of the molecule is CC(=O)Nc1cccc(NC(=O)Cc2nc(-c3ccccc3)oc2C)c1C. The molecule has 2 amide bonds. The fraction of sp³-hybridized carbons (Fsp3) is 0.190. The Hall–Kier alpha value is -3.41. The second-order valence-corrected chi connectivity index (χ2v) is 6.27. The summed E-state index contributed by atoms with van der Waals surface area (Å²) < 4.78 is 5.70. The van der Waals surface area contributed by atoms with Gasteiger partial charge in [0.25, 0.3) is 0 Å². The van der Waals surface area contributed by atoms with Gasteiger partial charge in [-0.1, -0.05) is 24.3 Å². The third-order valence-corrected chi connectivity index (χ3v) is 4.16. The standard InChI is InChI=1S/C21H21N3O3/c1-13-17(22-15(3)25)10-7-11-18(13)23-20(26)12-19-14(2)27-21(24-19)16-8-5-4-6-9-16/h4-11H,12H2,1-3H3,(H,22,25)(H,23,26). The molecule has 1 aromatic heterocycles. The summed E-state index contributed by atoms with van der Waals surface area (Å²) in [6.07, 6.45) is 0.103. The van der Waals surface area contributed by atoms with E-state index in [0.717, 1.165) is 11.1 Å². The van der Waals surface area contributed by atoms with Crippen molar-refractivity contribution < 1.29 is 14.0 Å². The van der Waals surface area contributed by atoms with E-state index in [1.54, 1.807) is 25.1 Å². The third-order valence-electron chi connectivity index (χ3n) is 4.16. The fourth-order valence-corrected chi connectivity index (χ4v) is 2.74. The molecule has 0 aliphatic rings. The van der Waals surface area contributed by atoms with Crippen molar-refractivity contribution in [3.05, 3.63) is 65.5 Å². The molecule has 0 fully saturated rings. The number of hydrogen-bond acceptors (Lipinski definition) is 4. The minimum absolute atomic E-state index is 0.103. The molecule has 27 heavy (non-hydrogen) atoms. The van der Waals surface area contributed by atoms with E-state index in [2.05, 4.69) is 15.6 Å². The summed E-state index contributed by atoms with van der Waals surface area (Å²) in [6.45, 7) is 5.09. The monoisotopic (exact) mass is 363 g/mol. The molecule has 3 aromatic rings. The van der Waals surface area contributed by atoms with Gasteiger partial charge in [0.1, 0.15) is 5.76 Å². The number of nitrogens with one attached hydrogen (secondary N) is 2. The number of benzene rings is 2. The van der Waals surface area contributed by atoms with Crippen molar-refractivity contribution in [1.82, 2.24) is 4.98 Å². The van der Waals surface area contributed by atoms with E-state index >= 15 is 0 Å². The summed E-state index contributed by atoms with van der Waals surface area (Å²) in [5.41, 5.74) is 3.58. The van der Waals surface area contributed by atoms with E-state index in [1.165, 1.54) is 6.92 Å². The van der Waals surface area contributed by atoms with Crippen LogP contribution in [0.25, 0.3) is 11.5 Å². The summed E-state index contributed by atoms with van der Waals surface area (Å²) >= 11 is 0.